The Hall–Kier alpha value is -3.36. The van der Waals surface area contributed by atoms with Gasteiger partial charge in [0.2, 0.25) is 5.95 Å². The molecule has 4 aromatic rings. The lowest BCUT2D eigenvalue weighted by atomic mass is 10.1. The van der Waals surface area contributed by atoms with Crippen molar-refractivity contribution >= 4 is 51.2 Å². The van der Waals surface area contributed by atoms with Gasteiger partial charge in [-0.3, -0.25) is 0 Å². The van der Waals surface area contributed by atoms with Gasteiger partial charge >= 0.3 is 11.6 Å². The summed E-state index contributed by atoms with van der Waals surface area (Å²) in [4.78, 5) is 31.1. The van der Waals surface area contributed by atoms with Gasteiger partial charge in [-0.15, -0.1) is 0 Å². The van der Waals surface area contributed by atoms with Gasteiger partial charge in [-0.1, -0.05) is 23.7 Å². The van der Waals surface area contributed by atoms with Crippen LogP contribution >= 0.6 is 11.6 Å². The molecule has 0 spiro atoms. The van der Waals surface area contributed by atoms with Gasteiger partial charge in [0.1, 0.15) is 11.1 Å². The van der Waals surface area contributed by atoms with Crippen molar-refractivity contribution in [3.8, 4) is 0 Å². The summed E-state index contributed by atoms with van der Waals surface area (Å²) in [5.74, 6) is -0.682. The Morgan fingerprint density at radius 1 is 1.32 bits per heavy atom. The molecule has 34 heavy (non-hydrogen) atoms. The molecule has 0 aliphatic carbocycles. The molecule has 2 N–H and O–H groups in total. The molecule has 1 fully saturated rings. The number of halogens is 1. The van der Waals surface area contributed by atoms with Crippen LogP contribution in [-0.2, 0) is 6.54 Å². The van der Waals surface area contributed by atoms with Gasteiger partial charge in [-0.05, 0) is 63.5 Å². The standard InChI is InChI=1S/C25H25ClN4O4/c1-14-16-12-19-20(13-21(16)34-24(33)22(14)23(31)32)30(11-9-15-6-5-10-29(15)2)25(28-19)27-18-8-4-3-7-17(18)26/h3-4,7-8,12-13,15H,5-6,9-11H2,1-2H3,(H,27,28)(H,31,32). The van der Waals surface area contributed by atoms with Crippen molar-refractivity contribution < 1.29 is 14.3 Å². The molecule has 1 atom stereocenters. The molecule has 8 nitrogen and oxygen atoms in total. The molecule has 2 aromatic carbocycles. The van der Waals surface area contributed by atoms with E-state index in [0.29, 0.717) is 45.6 Å². The minimum atomic E-state index is -1.31. The number of carboxylic acid groups (broad SMARTS) is 1. The van der Waals surface area contributed by atoms with Crippen molar-refractivity contribution in [3.05, 3.63) is 63.0 Å². The first-order valence-corrected chi connectivity index (χ1v) is 11.6. The summed E-state index contributed by atoms with van der Waals surface area (Å²) in [5, 5.41) is 13.9. The third kappa shape index (κ3) is 3.93. The molecular formula is C25H25ClN4O4. The minimum Gasteiger partial charge on any atom is -0.477 e. The fourth-order valence-electron chi connectivity index (χ4n) is 4.84. The van der Waals surface area contributed by atoms with Gasteiger partial charge in [0.25, 0.3) is 0 Å². The number of nitrogens with zero attached hydrogens (tertiary/aromatic N) is 3. The number of likely N-dealkylation sites (tertiary alicyclic amines) is 1. The molecule has 0 amide bonds. The second-order valence-corrected chi connectivity index (χ2v) is 9.20. The SMILES string of the molecule is Cc1c(C(=O)O)c(=O)oc2cc3c(cc12)nc(Nc1ccccc1Cl)n3CCC1CCCN1C. The van der Waals surface area contributed by atoms with E-state index < -0.39 is 11.6 Å². The zero-order chi connectivity index (χ0) is 24.0. The highest BCUT2D eigenvalue weighted by atomic mass is 35.5. The maximum atomic E-state index is 12.3. The zero-order valence-electron chi connectivity index (χ0n) is 19.0. The van der Waals surface area contributed by atoms with Crippen LogP contribution in [0.5, 0.6) is 0 Å². The van der Waals surface area contributed by atoms with E-state index in [2.05, 4.69) is 21.8 Å². The molecular weight excluding hydrogens is 456 g/mol. The summed E-state index contributed by atoms with van der Waals surface area (Å²) >= 11 is 6.38. The average molecular weight is 481 g/mol. The van der Waals surface area contributed by atoms with Crippen molar-refractivity contribution in [3.63, 3.8) is 0 Å². The van der Waals surface area contributed by atoms with Gasteiger partial charge < -0.3 is 24.3 Å². The van der Waals surface area contributed by atoms with Crippen molar-refractivity contribution in [2.45, 2.75) is 38.8 Å². The lowest BCUT2D eigenvalue weighted by Crippen LogP contribution is -2.26. The van der Waals surface area contributed by atoms with E-state index >= 15 is 0 Å². The van der Waals surface area contributed by atoms with Crippen LogP contribution in [0, 0.1) is 6.92 Å². The fraction of sp³-hybridized carbons (Fsp3) is 0.320. The normalized spacial score (nSPS) is 16.5. The van der Waals surface area contributed by atoms with Crippen molar-refractivity contribution in [1.29, 1.82) is 0 Å². The number of hydrogen-bond donors (Lipinski definition) is 2. The topological polar surface area (TPSA) is 101 Å². The van der Waals surface area contributed by atoms with Crippen LogP contribution < -0.4 is 10.9 Å². The van der Waals surface area contributed by atoms with Crippen LogP contribution in [0.15, 0.2) is 45.6 Å². The van der Waals surface area contributed by atoms with E-state index in [0.717, 1.165) is 30.6 Å². The van der Waals surface area contributed by atoms with Crippen LogP contribution in [0.1, 0.15) is 35.2 Å². The van der Waals surface area contributed by atoms with Crippen LogP contribution in [0.3, 0.4) is 0 Å². The number of aromatic nitrogens is 2. The highest BCUT2D eigenvalue weighted by Gasteiger charge is 2.23. The molecule has 1 saturated heterocycles. The Kier molecular flexibility index (Phi) is 5.79. The Morgan fingerprint density at radius 3 is 2.82 bits per heavy atom. The fourth-order valence-corrected chi connectivity index (χ4v) is 5.03. The number of fused-ring (bicyclic) bond motifs is 2. The number of hydrogen-bond acceptors (Lipinski definition) is 6. The number of imidazole rings is 1. The van der Waals surface area contributed by atoms with E-state index in [1.807, 2.05) is 24.3 Å². The molecule has 0 bridgehead atoms. The number of anilines is 2. The Bertz CT molecular complexity index is 1480. The maximum Gasteiger partial charge on any atom is 0.351 e. The molecule has 0 radical (unpaired) electrons. The monoisotopic (exact) mass is 480 g/mol. The molecule has 0 saturated carbocycles. The average Bonchev–Trinajstić information content (AvgIpc) is 3.34. The number of carbonyl (C=O) groups is 1. The van der Waals surface area contributed by atoms with Crippen molar-refractivity contribution in [1.82, 2.24) is 14.5 Å². The van der Waals surface area contributed by atoms with E-state index in [4.69, 9.17) is 21.0 Å². The summed E-state index contributed by atoms with van der Waals surface area (Å²) < 4.78 is 7.49. The smallest absolute Gasteiger partial charge is 0.351 e. The minimum absolute atomic E-state index is 0.337. The number of para-hydroxylation sites is 1. The first kappa shape index (κ1) is 22.4. The predicted octanol–water partition coefficient (Wildman–Crippen LogP) is 5.03. The molecule has 9 heteroatoms. The Morgan fingerprint density at radius 2 is 2.12 bits per heavy atom. The number of aromatic carboxylic acids is 1. The molecule has 176 valence electrons. The molecule has 3 heterocycles. The Labute approximate surface area is 200 Å². The number of rotatable bonds is 6. The van der Waals surface area contributed by atoms with Crippen LogP contribution in [-0.4, -0.2) is 45.2 Å². The lowest BCUT2D eigenvalue weighted by Gasteiger charge is -2.20. The summed E-state index contributed by atoms with van der Waals surface area (Å²) in [6.07, 6.45) is 3.29. The highest BCUT2D eigenvalue weighted by Crippen LogP contribution is 2.32. The summed E-state index contributed by atoms with van der Waals surface area (Å²) in [6.45, 7) is 3.42. The molecule has 1 unspecified atom stereocenters. The van der Waals surface area contributed by atoms with Crippen LogP contribution in [0.4, 0.5) is 11.6 Å². The molecule has 1 aliphatic heterocycles. The first-order valence-electron chi connectivity index (χ1n) is 11.3. The maximum absolute atomic E-state index is 12.3. The summed E-state index contributed by atoms with van der Waals surface area (Å²) in [5.41, 5.74) is 1.70. The Balaban J connectivity index is 1.65. The van der Waals surface area contributed by atoms with Gasteiger partial charge in [-0.2, -0.15) is 0 Å². The van der Waals surface area contributed by atoms with Gasteiger partial charge in [-0.25, -0.2) is 14.6 Å². The quantitative estimate of drug-likeness (QED) is 0.373. The highest BCUT2D eigenvalue weighted by molar-refractivity contribution is 6.33. The third-order valence-electron chi connectivity index (χ3n) is 6.73. The molecule has 2 aromatic heterocycles. The molecule has 5 rings (SSSR count). The number of nitrogens with one attached hydrogen (secondary N) is 1. The summed E-state index contributed by atoms with van der Waals surface area (Å²) in [6, 6.07) is 11.5. The second kappa shape index (κ2) is 8.77. The summed E-state index contributed by atoms with van der Waals surface area (Å²) in [7, 11) is 2.15. The largest absolute Gasteiger partial charge is 0.477 e. The first-order chi connectivity index (χ1) is 16.3. The third-order valence-corrected chi connectivity index (χ3v) is 7.06. The van der Waals surface area contributed by atoms with Gasteiger partial charge in [0, 0.05) is 24.0 Å². The number of aryl methyl sites for hydroxylation is 2. The van der Waals surface area contributed by atoms with E-state index in [1.54, 1.807) is 19.1 Å². The van der Waals surface area contributed by atoms with E-state index in [-0.39, 0.29) is 5.56 Å². The molecule has 1 aliphatic rings. The predicted molar refractivity (Wildman–Crippen MR) is 132 cm³/mol. The van der Waals surface area contributed by atoms with E-state index in [1.165, 1.54) is 6.42 Å². The van der Waals surface area contributed by atoms with Crippen molar-refractivity contribution in [2.75, 3.05) is 18.9 Å². The van der Waals surface area contributed by atoms with Crippen LogP contribution in [0.2, 0.25) is 5.02 Å². The number of benzene rings is 2. The zero-order valence-corrected chi connectivity index (χ0v) is 19.7. The van der Waals surface area contributed by atoms with Gasteiger partial charge in [0.15, 0.2) is 0 Å². The number of carboxylic acids is 1. The van der Waals surface area contributed by atoms with Crippen LogP contribution in [0.25, 0.3) is 22.0 Å². The van der Waals surface area contributed by atoms with Gasteiger partial charge in [0.05, 0.1) is 21.7 Å². The lowest BCUT2D eigenvalue weighted by molar-refractivity contribution is 0.0691. The van der Waals surface area contributed by atoms with E-state index in [9.17, 15) is 14.7 Å². The second-order valence-electron chi connectivity index (χ2n) is 8.79. The van der Waals surface area contributed by atoms with Crippen molar-refractivity contribution in [2.24, 2.45) is 0 Å².